The smallest absolute Gasteiger partial charge is 0.230 e. The van der Waals surface area contributed by atoms with Crippen LogP contribution >= 0.6 is 0 Å². The zero-order chi connectivity index (χ0) is 17.5. The van der Waals surface area contributed by atoms with Crippen molar-refractivity contribution in [2.24, 2.45) is 5.41 Å². The normalized spacial score (nSPS) is 11.7. The van der Waals surface area contributed by atoms with Gasteiger partial charge in [0, 0.05) is 16.9 Å². The number of carbonyl (C=O) groups is 1. The van der Waals surface area contributed by atoms with Gasteiger partial charge in [-0.1, -0.05) is 39.0 Å². The van der Waals surface area contributed by atoms with Crippen LogP contribution in [0.3, 0.4) is 0 Å². The van der Waals surface area contributed by atoms with Gasteiger partial charge in [0.25, 0.3) is 0 Å². The summed E-state index contributed by atoms with van der Waals surface area (Å²) in [6, 6.07) is 11.9. The Kier molecular flexibility index (Phi) is 3.87. The van der Waals surface area contributed by atoms with Crippen molar-refractivity contribution in [2.75, 3.05) is 5.32 Å². The van der Waals surface area contributed by atoms with E-state index in [1.54, 1.807) is 4.68 Å². The Bertz CT molecular complexity index is 919. The second kappa shape index (κ2) is 5.74. The Morgan fingerprint density at radius 1 is 1.12 bits per heavy atom. The predicted molar refractivity (Wildman–Crippen MR) is 96.4 cm³/mol. The number of amides is 1. The van der Waals surface area contributed by atoms with Crippen LogP contribution in [0.2, 0.25) is 0 Å². The van der Waals surface area contributed by atoms with Gasteiger partial charge in [0.05, 0.1) is 11.2 Å². The fraction of sp³-hybridized carbons (Fsp3) is 0.316. The number of para-hydroxylation sites is 1. The van der Waals surface area contributed by atoms with Crippen LogP contribution in [0, 0.1) is 19.3 Å². The molecule has 3 rings (SSSR count). The van der Waals surface area contributed by atoms with Gasteiger partial charge in [-0.15, -0.1) is 0 Å². The molecule has 5 heteroatoms. The Balaban J connectivity index is 2.09. The maximum absolute atomic E-state index is 12.3. The average molecular weight is 322 g/mol. The molecule has 1 aromatic carbocycles. The van der Waals surface area contributed by atoms with E-state index in [-0.39, 0.29) is 5.91 Å². The number of benzene rings is 1. The van der Waals surface area contributed by atoms with Gasteiger partial charge in [-0.05, 0) is 31.5 Å². The Hall–Kier alpha value is -2.69. The molecule has 0 aliphatic rings. The van der Waals surface area contributed by atoms with E-state index in [9.17, 15) is 4.79 Å². The minimum Gasteiger partial charge on any atom is -0.310 e. The van der Waals surface area contributed by atoms with Crippen molar-refractivity contribution in [3.63, 3.8) is 0 Å². The topological polar surface area (TPSA) is 59.8 Å². The van der Waals surface area contributed by atoms with Crippen LogP contribution in [0.15, 0.2) is 36.4 Å². The van der Waals surface area contributed by atoms with Crippen molar-refractivity contribution in [2.45, 2.75) is 34.6 Å². The van der Waals surface area contributed by atoms with Gasteiger partial charge in [0.1, 0.15) is 5.82 Å². The summed E-state index contributed by atoms with van der Waals surface area (Å²) >= 11 is 0. The van der Waals surface area contributed by atoms with E-state index in [2.05, 4.69) is 23.4 Å². The fourth-order valence-electron chi connectivity index (χ4n) is 2.51. The van der Waals surface area contributed by atoms with Crippen LogP contribution in [0.5, 0.6) is 0 Å². The molecule has 0 fully saturated rings. The summed E-state index contributed by atoms with van der Waals surface area (Å²) in [6.45, 7) is 9.60. The fourth-order valence-corrected chi connectivity index (χ4v) is 2.51. The number of anilines is 1. The highest BCUT2D eigenvalue weighted by atomic mass is 16.2. The SMILES string of the molecule is Cc1cc(NC(=O)C(C)(C)C)n(-c2cc(C)c3ccccc3n2)n1. The second-order valence-electron chi connectivity index (χ2n) is 7.10. The zero-order valence-electron chi connectivity index (χ0n) is 14.7. The molecule has 2 heterocycles. The number of pyridine rings is 1. The number of aromatic nitrogens is 3. The number of nitrogens with one attached hydrogen (secondary N) is 1. The highest BCUT2D eigenvalue weighted by molar-refractivity contribution is 5.94. The van der Waals surface area contributed by atoms with E-state index < -0.39 is 5.41 Å². The van der Waals surface area contributed by atoms with Gasteiger partial charge in [0.2, 0.25) is 5.91 Å². The lowest BCUT2D eigenvalue weighted by atomic mass is 9.96. The van der Waals surface area contributed by atoms with Crippen molar-refractivity contribution >= 4 is 22.6 Å². The maximum Gasteiger partial charge on any atom is 0.230 e. The van der Waals surface area contributed by atoms with Crippen molar-refractivity contribution in [3.8, 4) is 5.82 Å². The third-order valence-electron chi connectivity index (χ3n) is 3.88. The van der Waals surface area contributed by atoms with Crippen LogP contribution in [0.25, 0.3) is 16.7 Å². The monoisotopic (exact) mass is 322 g/mol. The van der Waals surface area contributed by atoms with E-state index in [1.807, 2.05) is 58.0 Å². The minimum atomic E-state index is -0.476. The Morgan fingerprint density at radius 3 is 2.54 bits per heavy atom. The summed E-state index contributed by atoms with van der Waals surface area (Å²) in [5.74, 6) is 1.28. The largest absolute Gasteiger partial charge is 0.310 e. The molecular weight excluding hydrogens is 300 g/mol. The standard InChI is InChI=1S/C19H22N4O/c1-12-10-16(20-15-9-7-6-8-14(12)15)23-17(11-13(2)22-23)21-18(24)19(3,4)5/h6-11H,1-5H3,(H,21,24). The molecule has 2 aromatic heterocycles. The summed E-state index contributed by atoms with van der Waals surface area (Å²) in [6.07, 6.45) is 0. The molecular formula is C19H22N4O. The van der Waals surface area contributed by atoms with E-state index in [0.29, 0.717) is 11.6 Å². The number of rotatable bonds is 2. The third-order valence-corrected chi connectivity index (χ3v) is 3.88. The second-order valence-corrected chi connectivity index (χ2v) is 7.10. The van der Waals surface area contributed by atoms with Crippen molar-refractivity contribution in [1.82, 2.24) is 14.8 Å². The molecule has 0 saturated carbocycles. The summed E-state index contributed by atoms with van der Waals surface area (Å²) in [4.78, 5) is 17.0. The van der Waals surface area contributed by atoms with Gasteiger partial charge in [0.15, 0.2) is 5.82 Å². The molecule has 0 spiro atoms. The summed E-state index contributed by atoms with van der Waals surface area (Å²) in [7, 11) is 0. The highest BCUT2D eigenvalue weighted by Gasteiger charge is 2.23. The first kappa shape index (κ1) is 16.2. The quantitative estimate of drug-likeness (QED) is 0.775. The summed E-state index contributed by atoms with van der Waals surface area (Å²) in [5, 5.41) is 8.58. The van der Waals surface area contributed by atoms with Gasteiger partial charge in [-0.25, -0.2) is 4.98 Å². The molecule has 1 N–H and O–H groups in total. The Morgan fingerprint density at radius 2 is 1.83 bits per heavy atom. The summed E-state index contributed by atoms with van der Waals surface area (Å²) in [5.41, 5.74) is 2.38. The van der Waals surface area contributed by atoms with E-state index in [0.717, 1.165) is 22.2 Å². The lowest BCUT2D eigenvalue weighted by Crippen LogP contribution is -2.28. The molecule has 1 amide bonds. The van der Waals surface area contributed by atoms with Gasteiger partial charge in [-0.2, -0.15) is 9.78 Å². The lowest BCUT2D eigenvalue weighted by Gasteiger charge is -2.18. The van der Waals surface area contributed by atoms with E-state index >= 15 is 0 Å². The number of hydrogen-bond donors (Lipinski definition) is 1. The van der Waals surface area contributed by atoms with Crippen LogP contribution < -0.4 is 5.32 Å². The molecule has 3 aromatic rings. The molecule has 0 unspecified atom stereocenters. The highest BCUT2D eigenvalue weighted by Crippen LogP contribution is 2.23. The van der Waals surface area contributed by atoms with Gasteiger partial charge >= 0.3 is 0 Å². The van der Waals surface area contributed by atoms with Gasteiger partial charge in [-0.3, -0.25) is 4.79 Å². The van der Waals surface area contributed by atoms with Crippen LogP contribution in [0.4, 0.5) is 5.82 Å². The maximum atomic E-state index is 12.3. The van der Waals surface area contributed by atoms with Crippen LogP contribution in [-0.4, -0.2) is 20.7 Å². The molecule has 0 radical (unpaired) electrons. The molecule has 0 atom stereocenters. The van der Waals surface area contributed by atoms with E-state index in [1.165, 1.54) is 0 Å². The molecule has 124 valence electrons. The molecule has 24 heavy (non-hydrogen) atoms. The third kappa shape index (κ3) is 3.02. The first-order chi connectivity index (χ1) is 11.3. The molecule has 0 aliphatic carbocycles. The van der Waals surface area contributed by atoms with Crippen molar-refractivity contribution in [3.05, 3.63) is 47.7 Å². The van der Waals surface area contributed by atoms with E-state index in [4.69, 9.17) is 4.98 Å². The predicted octanol–water partition coefficient (Wildman–Crippen LogP) is 4.02. The number of carbonyl (C=O) groups excluding carboxylic acids is 1. The molecule has 0 saturated heterocycles. The minimum absolute atomic E-state index is 0.0545. The first-order valence-electron chi connectivity index (χ1n) is 8.00. The zero-order valence-corrected chi connectivity index (χ0v) is 14.7. The number of nitrogens with zero attached hydrogens (tertiary/aromatic N) is 3. The molecule has 0 aliphatic heterocycles. The van der Waals surface area contributed by atoms with Crippen molar-refractivity contribution < 1.29 is 4.79 Å². The van der Waals surface area contributed by atoms with Gasteiger partial charge < -0.3 is 5.32 Å². The number of fused-ring (bicyclic) bond motifs is 1. The van der Waals surface area contributed by atoms with Crippen molar-refractivity contribution in [1.29, 1.82) is 0 Å². The summed E-state index contributed by atoms with van der Waals surface area (Å²) < 4.78 is 1.69. The average Bonchev–Trinajstić information content (AvgIpc) is 2.87. The number of aryl methyl sites for hydroxylation is 2. The molecule has 5 nitrogen and oxygen atoms in total. The first-order valence-corrected chi connectivity index (χ1v) is 8.00. The number of hydrogen-bond acceptors (Lipinski definition) is 3. The van der Waals surface area contributed by atoms with Crippen LogP contribution in [0.1, 0.15) is 32.0 Å². The lowest BCUT2D eigenvalue weighted by molar-refractivity contribution is -0.123. The van der Waals surface area contributed by atoms with Crippen LogP contribution in [-0.2, 0) is 4.79 Å². The Labute approximate surface area is 141 Å². The molecule has 0 bridgehead atoms.